The Kier molecular flexibility index (Phi) is 6.03. The van der Waals surface area contributed by atoms with Crippen molar-refractivity contribution in [2.75, 3.05) is 19.6 Å². The molecule has 1 aliphatic rings. The molecule has 1 N–H and O–H groups in total. The molecule has 1 aromatic carbocycles. The van der Waals surface area contributed by atoms with Gasteiger partial charge in [-0.25, -0.2) is 0 Å². The molecule has 1 amide bonds. The van der Waals surface area contributed by atoms with Gasteiger partial charge in [-0.05, 0) is 25.5 Å². The van der Waals surface area contributed by atoms with E-state index in [4.69, 9.17) is 16.3 Å². The molecule has 0 spiro atoms. The second-order valence-corrected chi connectivity index (χ2v) is 6.04. The van der Waals surface area contributed by atoms with Crippen LogP contribution in [0.4, 0.5) is 0 Å². The highest BCUT2D eigenvalue weighted by atomic mass is 35.5. The van der Waals surface area contributed by atoms with Crippen molar-refractivity contribution in [3.05, 3.63) is 34.9 Å². The van der Waals surface area contributed by atoms with Crippen molar-refractivity contribution in [2.45, 2.75) is 39.0 Å². The van der Waals surface area contributed by atoms with Gasteiger partial charge in [-0.3, -0.25) is 9.69 Å². The van der Waals surface area contributed by atoms with Crippen LogP contribution in [0, 0.1) is 0 Å². The molecular weight excluding hydrogens is 288 g/mol. The molecule has 1 aromatic rings. The largest absolute Gasteiger partial charge is 0.373 e. The monoisotopic (exact) mass is 310 g/mol. The van der Waals surface area contributed by atoms with Gasteiger partial charge in [-0.1, -0.05) is 29.8 Å². The van der Waals surface area contributed by atoms with Gasteiger partial charge in [-0.2, -0.15) is 0 Å². The molecule has 0 saturated carbocycles. The highest BCUT2D eigenvalue weighted by Crippen LogP contribution is 2.14. The Labute approximate surface area is 131 Å². The summed E-state index contributed by atoms with van der Waals surface area (Å²) in [5.74, 6) is 0.0571. The lowest BCUT2D eigenvalue weighted by Gasteiger charge is -2.35. The number of benzene rings is 1. The Morgan fingerprint density at radius 2 is 2.00 bits per heavy atom. The van der Waals surface area contributed by atoms with E-state index in [9.17, 15) is 4.79 Å². The molecule has 1 aliphatic heterocycles. The fourth-order valence-corrected chi connectivity index (χ4v) is 2.85. The Morgan fingerprint density at radius 1 is 1.33 bits per heavy atom. The second kappa shape index (κ2) is 7.78. The molecule has 0 radical (unpaired) electrons. The number of amides is 1. The summed E-state index contributed by atoms with van der Waals surface area (Å²) in [5.41, 5.74) is 0.945. The minimum absolute atomic E-state index is 0.0571. The van der Waals surface area contributed by atoms with Crippen molar-refractivity contribution in [3.8, 4) is 0 Å². The van der Waals surface area contributed by atoms with E-state index < -0.39 is 0 Å². The van der Waals surface area contributed by atoms with Crippen molar-refractivity contribution >= 4 is 17.5 Å². The molecule has 1 fully saturated rings. The highest BCUT2D eigenvalue weighted by molar-refractivity contribution is 6.31. The number of nitrogens with one attached hydrogen (secondary N) is 1. The van der Waals surface area contributed by atoms with Crippen LogP contribution in [-0.4, -0.2) is 42.6 Å². The van der Waals surface area contributed by atoms with Crippen LogP contribution in [0.25, 0.3) is 0 Å². The summed E-state index contributed by atoms with van der Waals surface area (Å²) >= 11 is 6.07. The number of rotatable bonds is 5. The molecule has 116 valence electrons. The van der Waals surface area contributed by atoms with Gasteiger partial charge in [0.25, 0.3) is 0 Å². The molecule has 2 unspecified atom stereocenters. The van der Waals surface area contributed by atoms with Gasteiger partial charge in [0.2, 0.25) is 5.91 Å². The van der Waals surface area contributed by atoms with E-state index in [2.05, 4.69) is 24.1 Å². The summed E-state index contributed by atoms with van der Waals surface area (Å²) in [6, 6.07) is 7.56. The van der Waals surface area contributed by atoms with Crippen LogP contribution >= 0.6 is 11.6 Å². The number of morpholine rings is 1. The van der Waals surface area contributed by atoms with E-state index in [0.29, 0.717) is 18.0 Å². The quantitative estimate of drug-likeness (QED) is 0.908. The van der Waals surface area contributed by atoms with E-state index in [1.165, 1.54) is 0 Å². The standard InChI is InChI=1S/C16H23ClN2O2/c1-12-10-19(11-13(2)21-12)8-7-16(20)18-9-14-5-3-4-6-15(14)17/h3-6,12-13H,7-11H2,1-2H3,(H,18,20). The fraction of sp³-hybridized carbons (Fsp3) is 0.562. The van der Waals surface area contributed by atoms with Gasteiger partial charge >= 0.3 is 0 Å². The van der Waals surface area contributed by atoms with E-state index >= 15 is 0 Å². The van der Waals surface area contributed by atoms with Crippen molar-refractivity contribution in [1.82, 2.24) is 10.2 Å². The van der Waals surface area contributed by atoms with E-state index in [1.54, 1.807) is 0 Å². The van der Waals surface area contributed by atoms with Gasteiger partial charge < -0.3 is 10.1 Å². The summed E-state index contributed by atoms with van der Waals surface area (Å²) in [4.78, 5) is 14.2. The van der Waals surface area contributed by atoms with Crippen LogP contribution in [0.1, 0.15) is 25.8 Å². The molecule has 0 aliphatic carbocycles. The minimum Gasteiger partial charge on any atom is -0.373 e. The number of halogens is 1. The number of carbonyl (C=O) groups excluding carboxylic acids is 1. The minimum atomic E-state index is 0.0571. The summed E-state index contributed by atoms with van der Waals surface area (Å²) < 4.78 is 5.68. The van der Waals surface area contributed by atoms with Crippen molar-refractivity contribution in [1.29, 1.82) is 0 Å². The van der Waals surface area contributed by atoms with Gasteiger partial charge in [-0.15, -0.1) is 0 Å². The van der Waals surface area contributed by atoms with E-state index in [0.717, 1.165) is 25.2 Å². The summed E-state index contributed by atoms with van der Waals surface area (Å²) in [5, 5.41) is 3.61. The summed E-state index contributed by atoms with van der Waals surface area (Å²) in [6.07, 6.45) is 0.976. The number of hydrogen-bond acceptors (Lipinski definition) is 3. The SMILES string of the molecule is CC1CN(CCC(=O)NCc2ccccc2Cl)CC(C)O1. The highest BCUT2D eigenvalue weighted by Gasteiger charge is 2.22. The smallest absolute Gasteiger partial charge is 0.221 e. The fourth-order valence-electron chi connectivity index (χ4n) is 2.65. The van der Waals surface area contributed by atoms with Crippen molar-refractivity contribution in [3.63, 3.8) is 0 Å². The maximum Gasteiger partial charge on any atom is 0.221 e. The Balaban J connectivity index is 1.71. The van der Waals surface area contributed by atoms with Crippen LogP contribution in [0.2, 0.25) is 5.02 Å². The molecule has 2 atom stereocenters. The average Bonchev–Trinajstić information content (AvgIpc) is 2.43. The summed E-state index contributed by atoms with van der Waals surface area (Å²) in [7, 11) is 0. The maximum absolute atomic E-state index is 11.9. The summed E-state index contributed by atoms with van der Waals surface area (Å²) in [6.45, 7) is 7.17. The van der Waals surface area contributed by atoms with Crippen LogP contribution in [0.15, 0.2) is 24.3 Å². The van der Waals surface area contributed by atoms with Crippen LogP contribution in [0.3, 0.4) is 0 Å². The lowest BCUT2D eigenvalue weighted by molar-refractivity contribution is -0.122. The first-order valence-corrected chi connectivity index (χ1v) is 7.80. The Hall–Kier alpha value is -1.10. The molecule has 21 heavy (non-hydrogen) atoms. The van der Waals surface area contributed by atoms with Gasteiger partial charge in [0.15, 0.2) is 0 Å². The molecule has 5 heteroatoms. The zero-order chi connectivity index (χ0) is 15.2. The zero-order valence-electron chi connectivity index (χ0n) is 12.6. The molecular formula is C16H23ClN2O2. The molecule has 1 heterocycles. The number of nitrogens with zero attached hydrogens (tertiary/aromatic N) is 1. The third-order valence-electron chi connectivity index (χ3n) is 3.58. The Bertz CT molecular complexity index is 471. The topological polar surface area (TPSA) is 41.6 Å². The normalized spacial score (nSPS) is 23.0. The van der Waals surface area contributed by atoms with Gasteiger partial charge in [0.1, 0.15) is 0 Å². The first-order chi connectivity index (χ1) is 10.0. The van der Waals surface area contributed by atoms with Crippen LogP contribution < -0.4 is 5.32 Å². The zero-order valence-corrected chi connectivity index (χ0v) is 13.4. The lowest BCUT2D eigenvalue weighted by atomic mass is 10.2. The predicted octanol–water partition coefficient (Wildman–Crippen LogP) is 2.46. The van der Waals surface area contributed by atoms with E-state index in [1.807, 2.05) is 24.3 Å². The van der Waals surface area contributed by atoms with E-state index in [-0.39, 0.29) is 18.1 Å². The van der Waals surface area contributed by atoms with Gasteiger partial charge in [0.05, 0.1) is 12.2 Å². The third kappa shape index (κ3) is 5.30. The van der Waals surface area contributed by atoms with Crippen LogP contribution in [0.5, 0.6) is 0 Å². The molecule has 0 aromatic heterocycles. The maximum atomic E-state index is 11.9. The number of carbonyl (C=O) groups is 1. The second-order valence-electron chi connectivity index (χ2n) is 5.64. The third-order valence-corrected chi connectivity index (χ3v) is 3.95. The molecule has 2 rings (SSSR count). The van der Waals surface area contributed by atoms with Gasteiger partial charge in [0, 0.05) is 37.6 Å². The average molecular weight is 311 g/mol. The lowest BCUT2D eigenvalue weighted by Crippen LogP contribution is -2.46. The van der Waals surface area contributed by atoms with Crippen molar-refractivity contribution < 1.29 is 9.53 Å². The number of ether oxygens (including phenoxy) is 1. The molecule has 1 saturated heterocycles. The first-order valence-electron chi connectivity index (χ1n) is 7.42. The molecule has 4 nitrogen and oxygen atoms in total. The number of hydrogen-bond donors (Lipinski definition) is 1. The molecule has 0 bridgehead atoms. The first kappa shape index (κ1) is 16.3. The van der Waals surface area contributed by atoms with Crippen molar-refractivity contribution in [2.24, 2.45) is 0 Å². The van der Waals surface area contributed by atoms with Crippen LogP contribution in [-0.2, 0) is 16.1 Å². The Morgan fingerprint density at radius 3 is 2.67 bits per heavy atom. The predicted molar refractivity (Wildman–Crippen MR) is 84.4 cm³/mol.